The van der Waals surface area contributed by atoms with Gasteiger partial charge in [0, 0.05) is 0 Å². The van der Waals surface area contributed by atoms with Crippen molar-refractivity contribution < 1.29 is 0 Å². The number of isothiocyanates is 1. The van der Waals surface area contributed by atoms with E-state index in [9.17, 15) is 0 Å². The third-order valence-corrected chi connectivity index (χ3v) is 2.95. The predicted octanol–water partition coefficient (Wildman–Crippen LogP) is 2.53. The number of aliphatic imine (C=N–C) groups is 1. The number of nitrogens with zero attached hydrogens (tertiary/aromatic N) is 1. The average Bonchev–Trinajstić information content (AvgIpc) is 2.85. The maximum Gasteiger partial charge on any atom is 0.0585 e. The number of hydrogen-bond acceptors (Lipinski definition) is 2. The zero-order chi connectivity index (χ0) is 7.68. The van der Waals surface area contributed by atoms with Gasteiger partial charge >= 0.3 is 0 Å². The molecule has 0 unspecified atom stereocenters. The molecule has 0 aliphatic heterocycles. The first-order chi connectivity index (χ1) is 5.42. The van der Waals surface area contributed by atoms with Crippen molar-refractivity contribution >= 4 is 17.4 Å². The molecule has 2 fully saturated rings. The quantitative estimate of drug-likeness (QED) is 0.463. The van der Waals surface area contributed by atoms with E-state index in [2.05, 4.69) is 22.4 Å². The summed E-state index contributed by atoms with van der Waals surface area (Å²) < 4.78 is 0. The van der Waals surface area contributed by atoms with Gasteiger partial charge in [0.2, 0.25) is 0 Å². The fraction of sp³-hybridized carbons (Fsp3) is 0.889. The van der Waals surface area contributed by atoms with Crippen molar-refractivity contribution in [3.05, 3.63) is 0 Å². The molecule has 0 amide bonds. The number of thiocarbonyl (C=S) groups is 1. The molecular weight excluding hydrogens is 154 g/mol. The Bertz CT molecular complexity index is 176. The van der Waals surface area contributed by atoms with E-state index in [0.717, 1.165) is 24.3 Å². The van der Waals surface area contributed by atoms with Gasteiger partial charge in [0.15, 0.2) is 0 Å². The van der Waals surface area contributed by atoms with E-state index in [-0.39, 0.29) is 0 Å². The lowest BCUT2D eigenvalue weighted by Crippen LogP contribution is -2.09. The van der Waals surface area contributed by atoms with Crippen LogP contribution in [0.15, 0.2) is 4.99 Å². The topological polar surface area (TPSA) is 12.4 Å². The van der Waals surface area contributed by atoms with Crippen LogP contribution in [0.4, 0.5) is 0 Å². The second-order valence-electron chi connectivity index (χ2n) is 3.77. The first-order valence-electron chi connectivity index (χ1n) is 4.45. The molecule has 0 heterocycles. The zero-order valence-electron chi connectivity index (χ0n) is 6.62. The Morgan fingerprint density at radius 3 is 2.18 bits per heavy atom. The van der Waals surface area contributed by atoms with Crippen molar-refractivity contribution in [2.24, 2.45) is 22.7 Å². The number of hydrogen-bond donors (Lipinski definition) is 0. The summed E-state index contributed by atoms with van der Waals surface area (Å²) in [6, 6.07) is 0. The van der Waals surface area contributed by atoms with Crippen molar-refractivity contribution in [1.29, 1.82) is 0 Å². The lowest BCUT2D eigenvalue weighted by molar-refractivity contribution is 0.419. The SMILES string of the molecule is S=C=NCC(C1CC1)C1CC1. The second-order valence-corrected chi connectivity index (χ2v) is 3.95. The fourth-order valence-corrected chi connectivity index (χ4v) is 1.95. The third kappa shape index (κ3) is 1.88. The normalized spacial score (nSPS) is 23.4. The van der Waals surface area contributed by atoms with E-state index >= 15 is 0 Å². The minimum absolute atomic E-state index is 0.866. The fourth-order valence-electron chi connectivity index (χ4n) is 1.87. The maximum absolute atomic E-state index is 4.57. The molecule has 0 atom stereocenters. The summed E-state index contributed by atoms with van der Waals surface area (Å²) in [6.45, 7) is 0.957. The van der Waals surface area contributed by atoms with E-state index < -0.39 is 0 Å². The molecule has 60 valence electrons. The van der Waals surface area contributed by atoms with Crippen LogP contribution >= 0.6 is 12.2 Å². The molecule has 2 aliphatic rings. The molecule has 2 saturated carbocycles. The molecule has 0 aromatic carbocycles. The van der Waals surface area contributed by atoms with Crippen LogP contribution in [0.2, 0.25) is 0 Å². The van der Waals surface area contributed by atoms with Gasteiger partial charge in [-0.25, -0.2) is 4.99 Å². The highest BCUT2D eigenvalue weighted by Crippen LogP contribution is 2.49. The summed E-state index contributed by atoms with van der Waals surface area (Å²) >= 11 is 4.57. The Labute approximate surface area is 72.9 Å². The molecular formula is C9H13NS. The Morgan fingerprint density at radius 1 is 1.27 bits per heavy atom. The lowest BCUT2D eigenvalue weighted by Gasteiger charge is -2.10. The largest absolute Gasteiger partial charge is 0.232 e. The highest BCUT2D eigenvalue weighted by molar-refractivity contribution is 7.78. The van der Waals surface area contributed by atoms with E-state index in [4.69, 9.17) is 0 Å². The van der Waals surface area contributed by atoms with Crippen LogP contribution in [0.3, 0.4) is 0 Å². The van der Waals surface area contributed by atoms with Crippen LogP contribution in [-0.2, 0) is 0 Å². The van der Waals surface area contributed by atoms with Crippen molar-refractivity contribution in [2.45, 2.75) is 25.7 Å². The Morgan fingerprint density at radius 2 is 1.82 bits per heavy atom. The minimum atomic E-state index is 0.866. The molecule has 0 bridgehead atoms. The summed E-state index contributed by atoms with van der Waals surface area (Å²) in [5.41, 5.74) is 0. The van der Waals surface area contributed by atoms with Crippen molar-refractivity contribution in [1.82, 2.24) is 0 Å². The van der Waals surface area contributed by atoms with Gasteiger partial charge in [-0.2, -0.15) is 0 Å². The van der Waals surface area contributed by atoms with Gasteiger partial charge in [-0.3, -0.25) is 0 Å². The Kier molecular flexibility index (Phi) is 2.06. The van der Waals surface area contributed by atoms with Crippen molar-refractivity contribution in [3.8, 4) is 0 Å². The van der Waals surface area contributed by atoms with Crippen LogP contribution in [0.1, 0.15) is 25.7 Å². The zero-order valence-corrected chi connectivity index (χ0v) is 7.44. The van der Waals surface area contributed by atoms with E-state index in [0.29, 0.717) is 0 Å². The van der Waals surface area contributed by atoms with Gasteiger partial charge in [-0.05, 0) is 55.7 Å². The molecule has 2 rings (SSSR count). The minimum Gasteiger partial charge on any atom is -0.232 e. The average molecular weight is 167 g/mol. The molecule has 0 radical (unpaired) electrons. The smallest absolute Gasteiger partial charge is 0.0585 e. The summed E-state index contributed by atoms with van der Waals surface area (Å²) in [7, 11) is 0. The number of rotatable bonds is 4. The van der Waals surface area contributed by atoms with Gasteiger partial charge in [-0.1, -0.05) is 0 Å². The van der Waals surface area contributed by atoms with Gasteiger partial charge in [0.05, 0.1) is 11.7 Å². The summed E-state index contributed by atoms with van der Waals surface area (Å²) in [4.78, 5) is 4.06. The first kappa shape index (κ1) is 7.45. The molecule has 2 heteroatoms. The highest BCUT2D eigenvalue weighted by atomic mass is 32.1. The Balaban J connectivity index is 1.86. The molecule has 11 heavy (non-hydrogen) atoms. The predicted molar refractivity (Wildman–Crippen MR) is 48.8 cm³/mol. The summed E-state index contributed by atoms with van der Waals surface area (Å²) in [5.74, 6) is 2.86. The van der Waals surface area contributed by atoms with Gasteiger partial charge in [-0.15, -0.1) is 0 Å². The van der Waals surface area contributed by atoms with E-state index in [1.807, 2.05) is 0 Å². The monoisotopic (exact) mass is 167 g/mol. The first-order valence-corrected chi connectivity index (χ1v) is 4.86. The van der Waals surface area contributed by atoms with Crippen LogP contribution < -0.4 is 0 Å². The standard InChI is InChI=1S/C9H13NS/c11-6-10-5-9(7-1-2-7)8-3-4-8/h7-9H,1-5H2. The molecule has 2 aliphatic carbocycles. The van der Waals surface area contributed by atoms with Gasteiger partial charge in [0.25, 0.3) is 0 Å². The van der Waals surface area contributed by atoms with Crippen molar-refractivity contribution in [2.75, 3.05) is 6.54 Å². The van der Waals surface area contributed by atoms with Gasteiger partial charge < -0.3 is 0 Å². The summed E-state index contributed by atoms with van der Waals surface area (Å²) in [5, 5.41) is 2.47. The van der Waals surface area contributed by atoms with Crippen molar-refractivity contribution in [3.63, 3.8) is 0 Å². The molecule has 0 N–H and O–H groups in total. The third-order valence-electron chi connectivity index (χ3n) is 2.82. The van der Waals surface area contributed by atoms with Gasteiger partial charge in [0.1, 0.15) is 0 Å². The van der Waals surface area contributed by atoms with Crippen LogP contribution in [0, 0.1) is 17.8 Å². The van der Waals surface area contributed by atoms with E-state index in [1.165, 1.54) is 25.7 Å². The maximum atomic E-state index is 4.57. The molecule has 1 nitrogen and oxygen atoms in total. The molecule has 0 saturated heterocycles. The van der Waals surface area contributed by atoms with Crippen LogP contribution in [0.5, 0.6) is 0 Å². The van der Waals surface area contributed by atoms with E-state index in [1.54, 1.807) is 0 Å². The Hall–Kier alpha value is -0.200. The molecule has 0 aromatic heterocycles. The van der Waals surface area contributed by atoms with Crippen LogP contribution in [-0.4, -0.2) is 11.7 Å². The molecule has 0 aromatic rings. The lowest BCUT2D eigenvalue weighted by atomic mass is 9.98. The van der Waals surface area contributed by atoms with Crippen LogP contribution in [0.25, 0.3) is 0 Å². The second kappa shape index (κ2) is 3.04. The molecule has 0 spiro atoms. The highest BCUT2D eigenvalue weighted by Gasteiger charge is 2.40. The summed E-state index contributed by atoms with van der Waals surface area (Å²) in [6.07, 6.45) is 5.75.